The van der Waals surface area contributed by atoms with E-state index in [1.54, 1.807) is 7.05 Å². The highest BCUT2D eigenvalue weighted by Crippen LogP contribution is 2.45. The fraction of sp³-hybridized carbons (Fsp3) is 0.0909. The van der Waals surface area contributed by atoms with E-state index in [-0.39, 0.29) is 16.3 Å². The van der Waals surface area contributed by atoms with Crippen LogP contribution in [0.3, 0.4) is 0 Å². The number of rotatable bonds is 0. The second-order valence-electron chi connectivity index (χ2n) is 4.03. The first-order chi connectivity index (χ1) is 9.40. The molecule has 1 aliphatic rings. The summed E-state index contributed by atoms with van der Waals surface area (Å²) in [6, 6.07) is 0. The number of hydrogen-bond donors (Lipinski definition) is 1. The maximum Gasteiger partial charge on any atom is 0.206 e. The van der Waals surface area contributed by atoms with E-state index in [0.29, 0.717) is 0 Å². The van der Waals surface area contributed by atoms with Gasteiger partial charge in [0.25, 0.3) is 0 Å². The van der Waals surface area contributed by atoms with E-state index >= 15 is 0 Å². The second-order valence-corrected chi connectivity index (χ2v) is 4.40. The monoisotopic (exact) mass is 303 g/mol. The van der Waals surface area contributed by atoms with Crippen molar-refractivity contribution in [3.05, 3.63) is 34.2 Å². The van der Waals surface area contributed by atoms with Gasteiger partial charge in [-0.1, -0.05) is 0 Å². The van der Waals surface area contributed by atoms with Crippen molar-refractivity contribution >= 4 is 23.7 Å². The maximum absolute atomic E-state index is 13.6. The maximum atomic E-state index is 13.6. The van der Waals surface area contributed by atoms with Crippen molar-refractivity contribution < 1.29 is 22.3 Å². The molecule has 3 rings (SSSR count). The number of ether oxygens (including phenoxy) is 1. The highest BCUT2D eigenvalue weighted by Gasteiger charge is 2.31. The van der Waals surface area contributed by atoms with Crippen molar-refractivity contribution in [1.82, 2.24) is 9.55 Å². The zero-order valence-corrected chi connectivity index (χ0v) is 10.6. The van der Waals surface area contributed by atoms with Crippen LogP contribution in [-0.4, -0.2) is 9.55 Å². The van der Waals surface area contributed by atoms with Crippen LogP contribution in [-0.2, 0) is 7.05 Å². The average molecular weight is 303 g/mol. The van der Waals surface area contributed by atoms with Gasteiger partial charge < -0.3 is 14.6 Å². The molecule has 0 radical (unpaired) electrons. The molecule has 0 saturated carbocycles. The Morgan fingerprint density at radius 2 is 1.80 bits per heavy atom. The molecule has 0 fully saturated rings. The second kappa shape index (κ2) is 4.17. The van der Waals surface area contributed by atoms with Gasteiger partial charge in [0, 0.05) is 7.05 Å². The van der Waals surface area contributed by atoms with Gasteiger partial charge in [-0.3, -0.25) is 0 Å². The van der Waals surface area contributed by atoms with Gasteiger partial charge >= 0.3 is 0 Å². The minimum absolute atomic E-state index is 0.00934. The molecule has 1 aromatic carbocycles. The lowest BCUT2D eigenvalue weighted by Gasteiger charge is -2.22. The number of benzene rings is 1. The van der Waals surface area contributed by atoms with Crippen molar-refractivity contribution in [2.24, 2.45) is 7.05 Å². The summed E-state index contributed by atoms with van der Waals surface area (Å²) in [7, 11) is 1.57. The van der Waals surface area contributed by atoms with Crippen molar-refractivity contribution in [2.75, 3.05) is 5.32 Å². The van der Waals surface area contributed by atoms with E-state index in [2.05, 4.69) is 10.3 Å². The molecule has 2 heterocycles. The Morgan fingerprint density at radius 1 is 1.15 bits per heavy atom. The van der Waals surface area contributed by atoms with Crippen LogP contribution < -0.4 is 10.1 Å². The number of hydrogen-bond acceptors (Lipinski definition) is 4. The van der Waals surface area contributed by atoms with Gasteiger partial charge in [-0.05, 0) is 12.2 Å². The predicted octanol–water partition coefficient (Wildman–Crippen LogP) is 3.56. The summed E-state index contributed by atoms with van der Waals surface area (Å²) in [5.41, 5.74) is -0.662. The number of aryl methyl sites for hydroxylation is 1. The summed E-state index contributed by atoms with van der Waals surface area (Å²) >= 11 is 4.90. The lowest BCUT2D eigenvalue weighted by atomic mass is 10.2. The summed E-state index contributed by atoms with van der Waals surface area (Å²) in [5.74, 6) is -7.85. The molecule has 0 aliphatic carbocycles. The molecule has 0 bridgehead atoms. The molecular formula is C11H5F4N3OS. The van der Waals surface area contributed by atoms with Crippen molar-refractivity contribution in [1.29, 1.82) is 0 Å². The van der Waals surface area contributed by atoms with Gasteiger partial charge in [0.2, 0.25) is 16.4 Å². The Hall–Kier alpha value is -2.16. The molecule has 1 N–H and O–H groups in total. The number of fused-ring (bicyclic) bond motifs is 2. The summed E-state index contributed by atoms with van der Waals surface area (Å²) in [6.07, 6.45) is 1.36. The van der Waals surface area contributed by atoms with E-state index < -0.39 is 34.7 Å². The number of anilines is 2. The third-order valence-corrected chi connectivity index (χ3v) is 3.11. The van der Waals surface area contributed by atoms with Gasteiger partial charge in [-0.15, -0.1) is 0 Å². The summed E-state index contributed by atoms with van der Waals surface area (Å²) < 4.78 is 60.1. The van der Waals surface area contributed by atoms with Crippen LogP contribution >= 0.6 is 12.2 Å². The van der Waals surface area contributed by atoms with Crippen LogP contribution in [0.25, 0.3) is 0 Å². The average Bonchev–Trinajstić information content (AvgIpc) is 2.43. The number of nitrogens with one attached hydrogen (secondary N) is 1. The van der Waals surface area contributed by atoms with Crippen LogP contribution in [0.2, 0.25) is 0 Å². The van der Waals surface area contributed by atoms with Crippen molar-refractivity contribution in [3.63, 3.8) is 0 Å². The standard InChI is InChI=1S/C11H5F4N3OS/c1-18-2-3-10(17-11(18)20)16-8-6(14)4(12)5(13)7(15)9(8)19-3/h2H,1H3,(H,16,17,20). The Bertz CT molecular complexity index is 805. The minimum Gasteiger partial charge on any atom is -0.446 e. The van der Waals surface area contributed by atoms with Crippen LogP contribution in [0.1, 0.15) is 0 Å². The Balaban J connectivity index is 2.25. The zero-order chi connectivity index (χ0) is 14.6. The SMILES string of the molecule is Cn1cc2c(nc1=S)Nc1c(F)c(F)c(F)c(F)c1O2. The fourth-order valence-electron chi connectivity index (χ4n) is 1.73. The summed E-state index contributed by atoms with van der Waals surface area (Å²) in [5, 5.41) is 2.35. The first kappa shape index (κ1) is 12.9. The molecule has 0 atom stereocenters. The highest BCUT2D eigenvalue weighted by atomic mass is 32.1. The van der Waals surface area contributed by atoms with E-state index in [1.165, 1.54) is 10.8 Å². The molecule has 2 aromatic rings. The van der Waals surface area contributed by atoms with Crippen LogP contribution in [0, 0.1) is 28.0 Å². The molecule has 1 aromatic heterocycles. The number of halogens is 4. The van der Waals surface area contributed by atoms with Gasteiger partial charge in [-0.2, -0.15) is 9.37 Å². The molecule has 0 unspecified atom stereocenters. The summed E-state index contributed by atoms with van der Waals surface area (Å²) in [4.78, 5) is 3.87. The molecule has 0 amide bonds. The Kier molecular flexibility index (Phi) is 2.68. The lowest BCUT2D eigenvalue weighted by molar-refractivity contribution is 0.369. The van der Waals surface area contributed by atoms with Gasteiger partial charge in [-0.25, -0.2) is 13.2 Å². The molecule has 0 spiro atoms. The number of nitrogens with zero attached hydrogens (tertiary/aromatic N) is 2. The quantitative estimate of drug-likeness (QED) is 0.298. The van der Waals surface area contributed by atoms with Gasteiger partial charge in [0.05, 0.1) is 6.20 Å². The molecule has 20 heavy (non-hydrogen) atoms. The first-order valence-electron chi connectivity index (χ1n) is 5.28. The van der Waals surface area contributed by atoms with Crippen molar-refractivity contribution in [3.8, 4) is 11.5 Å². The zero-order valence-electron chi connectivity index (χ0n) is 9.80. The van der Waals surface area contributed by atoms with Gasteiger partial charge in [0.1, 0.15) is 5.69 Å². The molecule has 0 saturated heterocycles. The third-order valence-electron chi connectivity index (χ3n) is 2.73. The summed E-state index contributed by atoms with van der Waals surface area (Å²) in [6.45, 7) is 0. The Morgan fingerprint density at radius 3 is 2.50 bits per heavy atom. The van der Waals surface area contributed by atoms with Crippen molar-refractivity contribution in [2.45, 2.75) is 0 Å². The first-order valence-corrected chi connectivity index (χ1v) is 5.69. The van der Waals surface area contributed by atoms with Crippen LogP contribution in [0.15, 0.2) is 6.20 Å². The molecule has 1 aliphatic heterocycles. The molecule has 4 nitrogen and oxygen atoms in total. The minimum atomic E-state index is -1.94. The topological polar surface area (TPSA) is 39.1 Å². The largest absolute Gasteiger partial charge is 0.446 e. The molecule has 104 valence electrons. The van der Waals surface area contributed by atoms with Gasteiger partial charge in [0.15, 0.2) is 29.0 Å². The van der Waals surface area contributed by atoms with E-state index in [9.17, 15) is 17.6 Å². The van der Waals surface area contributed by atoms with E-state index in [4.69, 9.17) is 17.0 Å². The highest BCUT2D eigenvalue weighted by molar-refractivity contribution is 7.71. The molecule has 9 heteroatoms. The van der Waals surface area contributed by atoms with E-state index in [0.717, 1.165) is 0 Å². The number of aromatic nitrogens is 2. The third kappa shape index (κ3) is 1.66. The smallest absolute Gasteiger partial charge is 0.206 e. The lowest BCUT2D eigenvalue weighted by Crippen LogP contribution is -2.13. The fourth-order valence-corrected chi connectivity index (χ4v) is 1.88. The van der Waals surface area contributed by atoms with E-state index in [1.807, 2.05) is 0 Å². The van der Waals surface area contributed by atoms with Crippen LogP contribution in [0.5, 0.6) is 11.5 Å². The normalized spacial score (nSPS) is 12.2. The Labute approximate surface area is 114 Å². The molecular weight excluding hydrogens is 298 g/mol. The predicted molar refractivity (Wildman–Crippen MR) is 63.7 cm³/mol. The van der Waals surface area contributed by atoms with Crippen LogP contribution in [0.4, 0.5) is 29.1 Å².